The number of carbonyl (C=O) groups is 1. The van der Waals surface area contributed by atoms with Gasteiger partial charge in [-0.05, 0) is 27.7 Å². The van der Waals surface area contributed by atoms with Gasteiger partial charge in [-0.2, -0.15) is 0 Å². The fourth-order valence-corrected chi connectivity index (χ4v) is 0.464. The Morgan fingerprint density at radius 1 is 1.50 bits per heavy atom. The first-order valence-electron chi connectivity index (χ1n) is 3.27. The fraction of sp³-hybridized carbons (Fsp3) is 0.857. The van der Waals surface area contributed by atoms with Gasteiger partial charge in [0.1, 0.15) is 0 Å². The minimum atomic E-state index is -0.778. The summed E-state index contributed by atoms with van der Waals surface area (Å²) in [5.74, 6) is -0.144. The van der Waals surface area contributed by atoms with Gasteiger partial charge in [0.25, 0.3) is 0 Å². The van der Waals surface area contributed by atoms with Gasteiger partial charge < -0.3 is 4.74 Å². The minimum absolute atomic E-state index is 0.144. The topological polar surface area (TPSA) is 52.3 Å². The number of ketones is 1. The van der Waals surface area contributed by atoms with Crippen LogP contribution in [0, 0.1) is 0 Å². The zero-order valence-electron chi connectivity index (χ0n) is 6.97. The highest BCUT2D eigenvalue weighted by molar-refractivity contribution is 5.79. The normalized spacial score (nSPS) is 14.9. The molecule has 0 bridgehead atoms. The molecule has 0 aromatic heterocycles. The highest BCUT2D eigenvalue weighted by Gasteiger charge is 2.17. The fourth-order valence-electron chi connectivity index (χ4n) is 0.464. The number of hydrogen-bond acceptors (Lipinski definition) is 3. The quantitative estimate of drug-likeness (QED) is 0.581. The predicted octanol–water partition coefficient (Wildman–Crippen LogP) is 0.675. The average molecular weight is 145 g/mol. The van der Waals surface area contributed by atoms with Crippen LogP contribution >= 0.6 is 0 Å². The molecule has 1 unspecified atom stereocenters. The van der Waals surface area contributed by atoms with Gasteiger partial charge in [-0.25, -0.2) is 0 Å². The maximum absolute atomic E-state index is 10.6. The van der Waals surface area contributed by atoms with Gasteiger partial charge in [0.05, 0.1) is 5.60 Å². The molecule has 2 N–H and O–H groups in total. The third kappa shape index (κ3) is 4.47. The van der Waals surface area contributed by atoms with Crippen LogP contribution in [0.2, 0.25) is 0 Å². The maximum Gasteiger partial charge on any atom is 0.173 e. The van der Waals surface area contributed by atoms with Gasteiger partial charge in [0, 0.05) is 0 Å². The van der Waals surface area contributed by atoms with E-state index in [1.165, 1.54) is 6.92 Å². The summed E-state index contributed by atoms with van der Waals surface area (Å²) in [6.45, 7) is 6.98. The molecule has 0 aliphatic heterocycles. The molecule has 0 radical (unpaired) electrons. The van der Waals surface area contributed by atoms with Crippen LogP contribution < -0.4 is 5.73 Å². The van der Waals surface area contributed by atoms with Gasteiger partial charge >= 0.3 is 0 Å². The maximum atomic E-state index is 10.6. The second kappa shape index (κ2) is 3.12. The molecule has 0 fully saturated rings. The summed E-state index contributed by atoms with van der Waals surface area (Å²) < 4.78 is 5.13. The molecule has 0 aromatic carbocycles. The molecule has 60 valence electrons. The minimum Gasteiger partial charge on any atom is -0.351 e. The Kier molecular flexibility index (Phi) is 2.99. The molecule has 1 atom stereocenters. The molecule has 0 amide bonds. The van der Waals surface area contributed by atoms with Gasteiger partial charge in [0.2, 0.25) is 0 Å². The average Bonchev–Trinajstić information content (AvgIpc) is 1.60. The van der Waals surface area contributed by atoms with E-state index in [-0.39, 0.29) is 11.4 Å². The second-order valence-corrected chi connectivity index (χ2v) is 3.26. The zero-order valence-corrected chi connectivity index (χ0v) is 6.97. The van der Waals surface area contributed by atoms with E-state index in [4.69, 9.17) is 10.5 Å². The molecule has 0 aliphatic rings. The van der Waals surface area contributed by atoms with Gasteiger partial charge in [0.15, 0.2) is 12.0 Å². The van der Waals surface area contributed by atoms with E-state index >= 15 is 0 Å². The van der Waals surface area contributed by atoms with E-state index in [2.05, 4.69) is 0 Å². The molecular weight excluding hydrogens is 130 g/mol. The lowest BCUT2D eigenvalue weighted by atomic mass is 10.2. The van der Waals surface area contributed by atoms with Crippen LogP contribution in [0.25, 0.3) is 0 Å². The monoisotopic (exact) mass is 145 g/mol. The van der Waals surface area contributed by atoms with Crippen LogP contribution in [-0.4, -0.2) is 17.6 Å². The van der Waals surface area contributed by atoms with Crippen molar-refractivity contribution in [2.45, 2.75) is 39.5 Å². The molecule has 0 rings (SSSR count). The third-order valence-electron chi connectivity index (χ3n) is 0.881. The van der Waals surface area contributed by atoms with Crippen molar-refractivity contribution >= 4 is 5.78 Å². The van der Waals surface area contributed by atoms with Gasteiger partial charge in [-0.15, -0.1) is 0 Å². The first-order chi connectivity index (χ1) is 4.33. The number of nitrogens with two attached hydrogens (primary N) is 1. The summed E-state index contributed by atoms with van der Waals surface area (Å²) in [6, 6.07) is 0. The van der Waals surface area contributed by atoms with E-state index in [1.807, 2.05) is 20.8 Å². The Morgan fingerprint density at radius 2 is 1.90 bits per heavy atom. The highest BCUT2D eigenvalue weighted by atomic mass is 16.5. The standard InChI is InChI=1S/C7H15NO2/c1-5(9)6(8)10-7(2,3)4/h6H,8H2,1-4H3. The number of rotatable bonds is 2. The van der Waals surface area contributed by atoms with Crippen LogP contribution in [0.4, 0.5) is 0 Å². The lowest BCUT2D eigenvalue weighted by molar-refractivity contribution is -0.137. The molecule has 0 spiro atoms. The zero-order chi connectivity index (χ0) is 8.36. The van der Waals surface area contributed by atoms with Crippen molar-refractivity contribution < 1.29 is 9.53 Å². The van der Waals surface area contributed by atoms with E-state index < -0.39 is 6.23 Å². The first-order valence-corrected chi connectivity index (χ1v) is 3.27. The van der Waals surface area contributed by atoms with Crippen LogP contribution in [0.15, 0.2) is 0 Å². The molecular formula is C7H15NO2. The summed E-state index contributed by atoms with van der Waals surface area (Å²) in [5.41, 5.74) is 4.99. The number of ether oxygens (including phenoxy) is 1. The summed E-state index contributed by atoms with van der Waals surface area (Å²) in [7, 11) is 0. The van der Waals surface area contributed by atoms with Crippen molar-refractivity contribution in [3.63, 3.8) is 0 Å². The van der Waals surface area contributed by atoms with E-state index in [9.17, 15) is 4.79 Å². The van der Waals surface area contributed by atoms with Crippen LogP contribution in [-0.2, 0) is 9.53 Å². The summed E-state index contributed by atoms with van der Waals surface area (Å²) >= 11 is 0. The predicted molar refractivity (Wildman–Crippen MR) is 39.5 cm³/mol. The first kappa shape index (κ1) is 9.59. The van der Waals surface area contributed by atoms with Crippen molar-refractivity contribution in [1.29, 1.82) is 0 Å². The van der Waals surface area contributed by atoms with Crippen LogP contribution in [0.1, 0.15) is 27.7 Å². The largest absolute Gasteiger partial charge is 0.351 e. The van der Waals surface area contributed by atoms with Crippen molar-refractivity contribution in [1.82, 2.24) is 0 Å². The van der Waals surface area contributed by atoms with Gasteiger partial charge in [-0.1, -0.05) is 0 Å². The van der Waals surface area contributed by atoms with Gasteiger partial charge in [-0.3, -0.25) is 10.5 Å². The van der Waals surface area contributed by atoms with Crippen LogP contribution in [0.5, 0.6) is 0 Å². The van der Waals surface area contributed by atoms with Crippen molar-refractivity contribution in [2.24, 2.45) is 5.73 Å². The van der Waals surface area contributed by atoms with Crippen molar-refractivity contribution in [2.75, 3.05) is 0 Å². The van der Waals surface area contributed by atoms with Crippen molar-refractivity contribution in [3.05, 3.63) is 0 Å². The molecule has 0 heterocycles. The Balaban J connectivity index is 3.80. The Bertz CT molecular complexity index is 126. The lowest BCUT2D eigenvalue weighted by Crippen LogP contribution is -2.38. The SMILES string of the molecule is CC(=O)C(N)OC(C)(C)C. The Labute approximate surface area is 61.5 Å². The summed E-state index contributed by atoms with van der Waals surface area (Å²) in [4.78, 5) is 10.6. The van der Waals surface area contributed by atoms with Crippen LogP contribution in [0.3, 0.4) is 0 Å². The molecule has 0 saturated carbocycles. The number of carbonyl (C=O) groups excluding carboxylic acids is 1. The smallest absolute Gasteiger partial charge is 0.173 e. The van der Waals surface area contributed by atoms with Crippen molar-refractivity contribution in [3.8, 4) is 0 Å². The van der Waals surface area contributed by atoms with E-state index in [0.29, 0.717) is 0 Å². The lowest BCUT2D eigenvalue weighted by Gasteiger charge is -2.22. The molecule has 0 aromatic rings. The highest BCUT2D eigenvalue weighted by Crippen LogP contribution is 2.08. The number of Topliss-reactive ketones (excluding diaryl/α,β-unsaturated/α-hetero) is 1. The molecule has 0 saturated heterocycles. The Hall–Kier alpha value is -0.410. The molecule has 0 aliphatic carbocycles. The van der Waals surface area contributed by atoms with E-state index in [1.54, 1.807) is 0 Å². The summed E-state index contributed by atoms with van der Waals surface area (Å²) in [5, 5.41) is 0. The third-order valence-corrected chi connectivity index (χ3v) is 0.881. The Morgan fingerprint density at radius 3 is 2.00 bits per heavy atom. The summed E-state index contributed by atoms with van der Waals surface area (Å²) in [6.07, 6.45) is -0.778. The molecule has 3 nitrogen and oxygen atoms in total. The number of hydrogen-bond donors (Lipinski definition) is 1. The molecule has 3 heteroatoms. The van der Waals surface area contributed by atoms with E-state index in [0.717, 1.165) is 0 Å². The molecule has 10 heavy (non-hydrogen) atoms. The second-order valence-electron chi connectivity index (χ2n) is 3.26.